The van der Waals surface area contributed by atoms with Crippen LogP contribution in [0.25, 0.3) is 10.9 Å². The fourth-order valence-corrected chi connectivity index (χ4v) is 3.77. The number of hydrogen-bond acceptors (Lipinski definition) is 7. The summed E-state index contributed by atoms with van der Waals surface area (Å²) in [5, 5.41) is 2.43. The third-order valence-corrected chi connectivity index (χ3v) is 5.39. The van der Waals surface area contributed by atoms with E-state index in [9.17, 15) is 14.4 Å². The molecule has 1 aliphatic heterocycles. The standard InChI is InChI=1S/C18H21N3O5S/c1-11(15(22)20-18(24)25-2)27-17-19-14-8-4-3-7-13(14)16(23)21(17)10-12-6-5-9-26-12/h3-4,7-8,11-12H,5-6,9-10H2,1-2H3,(H,20,22,24)/t11-,12+/m1/s1. The van der Waals surface area contributed by atoms with Crippen LogP contribution in [0.15, 0.2) is 34.2 Å². The number of fused-ring (bicyclic) bond motifs is 1. The van der Waals surface area contributed by atoms with E-state index in [4.69, 9.17) is 4.74 Å². The van der Waals surface area contributed by atoms with Crippen LogP contribution in [0.3, 0.4) is 0 Å². The molecule has 0 spiro atoms. The first-order chi connectivity index (χ1) is 13.0. The Hall–Kier alpha value is -2.39. The minimum Gasteiger partial charge on any atom is -0.453 e. The van der Waals surface area contributed by atoms with Crippen LogP contribution in [-0.2, 0) is 20.8 Å². The highest BCUT2D eigenvalue weighted by Crippen LogP contribution is 2.24. The molecule has 1 N–H and O–H groups in total. The molecule has 2 heterocycles. The first kappa shape index (κ1) is 19.4. The summed E-state index contributed by atoms with van der Waals surface area (Å²) in [6.07, 6.45) is 0.961. The van der Waals surface area contributed by atoms with Crippen molar-refractivity contribution in [1.82, 2.24) is 14.9 Å². The van der Waals surface area contributed by atoms with Gasteiger partial charge in [0.1, 0.15) is 0 Å². The Morgan fingerprint density at radius 1 is 1.44 bits per heavy atom. The van der Waals surface area contributed by atoms with Crippen molar-refractivity contribution in [2.45, 2.75) is 42.8 Å². The molecule has 27 heavy (non-hydrogen) atoms. The maximum atomic E-state index is 13.0. The van der Waals surface area contributed by atoms with Crippen molar-refractivity contribution in [3.05, 3.63) is 34.6 Å². The zero-order chi connectivity index (χ0) is 19.4. The van der Waals surface area contributed by atoms with Gasteiger partial charge in [-0.1, -0.05) is 23.9 Å². The normalized spacial score (nSPS) is 17.6. The van der Waals surface area contributed by atoms with Gasteiger partial charge in [0.05, 0.1) is 35.9 Å². The van der Waals surface area contributed by atoms with Gasteiger partial charge in [0.15, 0.2) is 5.16 Å². The Morgan fingerprint density at radius 2 is 2.22 bits per heavy atom. The monoisotopic (exact) mass is 391 g/mol. The molecule has 8 nitrogen and oxygen atoms in total. The van der Waals surface area contributed by atoms with Crippen LogP contribution in [0.1, 0.15) is 19.8 Å². The van der Waals surface area contributed by atoms with Gasteiger partial charge in [-0.15, -0.1) is 0 Å². The van der Waals surface area contributed by atoms with Gasteiger partial charge in [0.25, 0.3) is 5.56 Å². The number of ether oxygens (including phenoxy) is 2. The van der Waals surface area contributed by atoms with Crippen LogP contribution in [0.4, 0.5) is 4.79 Å². The first-order valence-electron chi connectivity index (χ1n) is 8.66. The van der Waals surface area contributed by atoms with Crippen molar-refractivity contribution in [1.29, 1.82) is 0 Å². The molecule has 1 fully saturated rings. The summed E-state index contributed by atoms with van der Waals surface area (Å²) in [4.78, 5) is 41.0. The lowest BCUT2D eigenvalue weighted by Crippen LogP contribution is -2.36. The average Bonchev–Trinajstić information content (AvgIpc) is 3.17. The van der Waals surface area contributed by atoms with E-state index < -0.39 is 17.3 Å². The Balaban J connectivity index is 1.93. The third-order valence-electron chi connectivity index (χ3n) is 4.30. The number of nitrogens with one attached hydrogen (secondary N) is 1. The number of alkyl carbamates (subject to hydrolysis) is 1. The lowest BCUT2D eigenvalue weighted by atomic mass is 10.2. The highest BCUT2D eigenvalue weighted by atomic mass is 32.2. The quantitative estimate of drug-likeness (QED) is 0.614. The van der Waals surface area contributed by atoms with Gasteiger partial charge in [0, 0.05) is 6.61 Å². The van der Waals surface area contributed by atoms with Crippen molar-refractivity contribution in [3.8, 4) is 0 Å². The second kappa shape index (κ2) is 8.53. The van der Waals surface area contributed by atoms with Crippen LogP contribution >= 0.6 is 11.8 Å². The van der Waals surface area contributed by atoms with Crippen LogP contribution < -0.4 is 10.9 Å². The number of aromatic nitrogens is 2. The number of carbonyl (C=O) groups is 2. The molecule has 1 aromatic carbocycles. The van der Waals surface area contributed by atoms with E-state index in [0.717, 1.165) is 24.6 Å². The van der Waals surface area contributed by atoms with Gasteiger partial charge < -0.3 is 9.47 Å². The van der Waals surface area contributed by atoms with Crippen LogP contribution in [0, 0.1) is 0 Å². The second-order valence-electron chi connectivity index (χ2n) is 6.20. The van der Waals surface area contributed by atoms with E-state index in [1.807, 2.05) is 0 Å². The summed E-state index contributed by atoms with van der Waals surface area (Å²) >= 11 is 1.12. The van der Waals surface area contributed by atoms with E-state index in [1.165, 1.54) is 7.11 Å². The van der Waals surface area contributed by atoms with Crippen molar-refractivity contribution < 1.29 is 19.1 Å². The molecule has 9 heteroatoms. The number of thioether (sulfide) groups is 1. The molecule has 0 unspecified atom stereocenters. The third kappa shape index (κ3) is 4.48. The minimum atomic E-state index is -0.823. The summed E-state index contributed by atoms with van der Waals surface area (Å²) in [7, 11) is 1.19. The Bertz CT molecular complexity index is 907. The number of rotatable bonds is 5. The summed E-state index contributed by atoms with van der Waals surface area (Å²) in [6, 6.07) is 7.09. The van der Waals surface area contributed by atoms with E-state index in [1.54, 1.807) is 35.8 Å². The maximum absolute atomic E-state index is 13.0. The van der Waals surface area contributed by atoms with E-state index in [2.05, 4.69) is 15.0 Å². The van der Waals surface area contributed by atoms with Gasteiger partial charge in [-0.2, -0.15) is 0 Å². The van der Waals surface area contributed by atoms with Gasteiger partial charge in [-0.05, 0) is 31.9 Å². The molecular weight excluding hydrogens is 370 g/mol. The van der Waals surface area contributed by atoms with Crippen molar-refractivity contribution >= 4 is 34.7 Å². The highest BCUT2D eigenvalue weighted by molar-refractivity contribution is 8.00. The average molecular weight is 391 g/mol. The van der Waals surface area contributed by atoms with Crippen molar-refractivity contribution in [3.63, 3.8) is 0 Å². The van der Waals surface area contributed by atoms with Crippen LogP contribution in [0.2, 0.25) is 0 Å². The summed E-state index contributed by atoms with van der Waals surface area (Å²) in [5.41, 5.74) is 0.397. The topological polar surface area (TPSA) is 99.5 Å². The predicted octanol–water partition coefficient (Wildman–Crippen LogP) is 1.94. The van der Waals surface area contributed by atoms with Gasteiger partial charge in [-0.25, -0.2) is 9.78 Å². The molecule has 1 saturated heterocycles. The number of nitrogens with zero attached hydrogens (tertiary/aromatic N) is 2. The maximum Gasteiger partial charge on any atom is 0.413 e. The number of carbonyl (C=O) groups excluding carboxylic acids is 2. The Labute approximate surface area is 160 Å². The smallest absolute Gasteiger partial charge is 0.413 e. The summed E-state index contributed by atoms with van der Waals surface area (Å²) < 4.78 is 11.7. The summed E-state index contributed by atoms with van der Waals surface area (Å²) in [5.74, 6) is -0.516. The number of hydrogen-bond donors (Lipinski definition) is 1. The molecule has 2 amide bonds. The van der Waals surface area contributed by atoms with E-state index >= 15 is 0 Å². The van der Waals surface area contributed by atoms with E-state index in [0.29, 0.717) is 29.2 Å². The Kier molecular flexibility index (Phi) is 6.12. The van der Waals surface area contributed by atoms with Gasteiger partial charge in [-0.3, -0.25) is 19.5 Å². The van der Waals surface area contributed by atoms with Gasteiger partial charge >= 0.3 is 6.09 Å². The van der Waals surface area contributed by atoms with Crippen LogP contribution in [0.5, 0.6) is 0 Å². The number of imide groups is 1. The summed E-state index contributed by atoms with van der Waals surface area (Å²) in [6.45, 7) is 2.70. The fourth-order valence-electron chi connectivity index (χ4n) is 2.86. The number of benzene rings is 1. The molecular formula is C18H21N3O5S. The molecule has 0 aliphatic carbocycles. The molecule has 0 bridgehead atoms. The Morgan fingerprint density at radius 3 is 2.93 bits per heavy atom. The molecule has 2 aromatic rings. The molecule has 144 valence electrons. The molecule has 3 rings (SSSR count). The largest absolute Gasteiger partial charge is 0.453 e. The molecule has 0 radical (unpaired) electrons. The van der Waals surface area contributed by atoms with Crippen molar-refractivity contribution in [2.75, 3.05) is 13.7 Å². The van der Waals surface area contributed by atoms with E-state index in [-0.39, 0.29) is 11.7 Å². The zero-order valence-corrected chi connectivity index (χ0v) is 16.0. The number of para-hydroxylation sites is 1. The van der Waals surface area contributed by atoms with Gasteiger partial charge in [0.2, 0.25) is 5.91 Å². The first-order valence-corrected chi connectivity index (χ1v) is 9.54. The second-order valence-corrected chi connectivity index (χ2v) is 7.51. The number of methoxy groups -OCH3 is 1. The molecule has 1 aromatic heterocycles. The fraction of sp³-hybridized carbons (Fsp3) is 0.444. The minimum absolute atomic E-state index is 0.0517. The molecule has 0 saturated carbocycles. The SMILES string of the molecule is COC(=O)NC(=O)[C@@H](C)Sc1nc2ccccc2c(=O)n1C[C@@H]1CCCO1. The molecule has 2 atom stereocenters. The van der Waals surface area contributed by atoms with Crippen molar-refractivity contribution in [2.24, 2.45) is 0 Å². The lowest BCUT2D eigenvalue weighted by Gasteiger charge is -2.18. The highest BCUT2D eigenvalue weighted by Gasteiger charge is 2.24. The number of amides is 2. The van der Waals surface area contributed by atoms with Crippen LogP contribution in [-0.4, -0.2) is 46.6 Å². The lowest BCUT2D eigenvalue weighted by molar-refractivity contribution is -0.119. The predicted molar refractivity (Wildman–Crippen MR) is 101 cm³/mol. The zero-order valence-electron chi connectivity index (χ0n) is 15.1. The molecule has 1 aliphatic rings.